The third-order valence-electron chi connectivity index (χ3n) is 2.83. The molecule has 0 heterocycles. The molecule has 2 unspecified atom stereocenters. The largest absolute Gasteiger partial charge is 0.373 e. The van der Waals surface area contributed by atoms with Crippen LogP contribution in [0.25, 0.3) is 0 Å². The third kappa shape index (κ3) is 4.92. The Morgan fingerprint density at radius 2 is 2.00 bits per heavy atom. The predicted molar refractivity (Wildman–Crippen MR) is 82.1 cm³/mol. The Morgan fingerprint density at radius 1 is 1.32 bits per heavy atom. The van der Waals surface area contributed by atoms with E-state index < -0.39 is 0 Å². The van der Waals surface area contributed by atoms with Crippen LogP contribution in [-0.2, 0) is 4.79 Å². The number of amides is 1. The van der Waals surface area contributed by atoms with Gasteiger partial charge < -0.3 is 10.6 Å². The van der Waals surface area contributed by atoms with E-state index in [-0.39, 0.29) is 18.0 Å². The highest BCUT2D eigenvalue weighted by Crippen LogP contribution is 2.29. The maximum atomic E-state index is 12.0. The Hall–Kier alpha value is -0.930. The van der Waals surface area contributed by atoms with Crippen LogP contribution in [0, 0.1) is 0 Å². The quantitative estimate of drug-likeness (QED) is 0.830. The van der Waals surface area contributed by atoms with Crippen molar-refractivity contribution < 1.29 is 4.79 Å². The van der Waals surface area contributed by atoms with E-state index in [0.29, 0.717) is 15.7 Å². The van der Waals surface area contributed by atoms with Crippen LogP contribution >= 0.6 is 23.2 Å². The molecule has 106 valence electrons. The SMILES string of the molecule is CCCC(C)NC(=O)C(C)Nc1cccc(Cl)c1Cl. The number of nitrogens with one attached hydrogen (secondary N) is 2. The molecule has 0 aliphatic rings. The summed E-state index contributed by atoms with van der Waals surface area (Å²) in [5.41, 5.74) is 0.667. The molecule has 0 saturated carbocycles. The first kappa shape index (κ1) is 16.1. The van der Waals surface area contributed by atoms with Gasteiger partial charge in [-0.05, 0) is 32.4 Å². The summed E-state index contributed by atoms with van der Waals surface area (Å²) in [5, 5.41) is 6.93. The fraction of sp³-hybridized carbons (Fsp3) is 0.500. The van der Waals surface area contributed by atoms with Crippen molar-refractivity contribution in [3.05, 3.63) is 28.2 Å². The number of rotatable bonds is 6. The van der Waals surface area contributed by atoms with Crippen molar-refractivity contribution in [2.45, 2.75) is 45.7 Å². The Morgan fingerprint density at radius 3 is 2.63 bits per heavy atom. The second-order valence-electron chi connectivity index (χ2n) is 4.67. The topological polar surface area (TPSA) is 41.1 Å². The molecule has 0 bridgehead atoms. The minimum absolute atomic E-state index is 0.0445. The molecule has 0 saturated heterocycles. The van der Waals surface area contributed by atoms with E-state index in [1.807, 2.05) is 6.92 Å². The third-order valence-corrected chi connectivity index (χ3v) is 3.65. The predicted octanol–water partition coefficient (Wildman–Crippen LogP) is 4.10. The van der Waals surface area contributed by atoms with Gasteiger partial charge in [-0.25, -0.2) is 0 Å². The van der Waals surface area contributed by atoms with E-state index in [1.165, 1.54) is 0 Å². The second-order valence-corrected chi connectivity index (χ2v) is 5.45. The zero-order valence-electron chi connectivity index (χ0n) is 11.5. The summed E-state index contributed by atoms with van der Waals surface area (Å²) in [5.74, 6) is -0.0445. The number of halogens is 2. The lowest BCUT2D eigenvalue weighted by molar-refractivity contribution is -0.122. The van der Waals surface area contributed by atoms with Crippen LogP contribution in [0.5, 0.6) is 0 Å². The fourth-order valence-electron chi connectivity index (χ4n) is 1.79. The zero-order valence-corrected chi connectivity index (χ0v) is 13.0. The number of anilines is 1. The van der Waals surface area contributed by atoms with E-state index in [9.17, 15) is 4.79 Å². The second kappa shape index (κ2) is 7.61. The Kier molecular flexibility index (Phi) is 6.46. The Labute approximate surface area is 124 Å². The van der Waals surface area contributed by atoms with Gasteiger partial charge in [-0.15, -0.1) is 0 Å². The molecule has 0 aromatic heterocycles. The minimum atomic E-state index is -0.365. The highest BCUT2D eigenvalue weighted by atomic mass is 35.5. The molecule has 0 radical (unpaired) electrons. The van der Waals surface area contributed by atoms with Crippen LogP contribution in [0.2, 0.25) is 10.0 Å². The van der Waals surface area contributed by atoms with Crippen molar-refractivity contribution in [3.8, 4) is 0 Å². The van der Waals surface area contributed by atoms with Gasteiger partial charge in [-0.3, -0.25) is 4.79 Å². The van der Waals surface area contributed by atoms with Crippen molar-refractivity contribution in [2.75, 3.05) is 5.32 Å². The van der Waals surface area contributed by atoms with Gasteiger partial charge in [0.1, 0.15) is 6.04 Å². The van der Waals surface area contributed by atoms with Gasteiger partial charge in [0.15, 0.2) is 0 Å². The van der Waals surface area contributed by atoms with Crippen LogP contribution in [-0.4, -0.2) is 18.0 Å². The van der Waals surface area contributed by atoms with Crippen molar-refractivity contribution in [2.24, 2.45) is 0 Å². The Balaban J connectivity index is 2.61. The van der Waals surface area contributed by atoms with E-state index in [2.05, 4.69) is 17.6 Å². The molecule has 0 fully saturated rings. The van der Waals surface area contributed by atoms with Crippen molar-refractivity contribution in [1.29, 1.82) is 0 Å². The lowest BCUT2D eigenvalue weighted by Crippen LogP contribution is -2.42. The smallest absolute Gasteiger partial charge is 0.242 e. The number of benzene rings is 1. The molecule has 1 amide bonds. The molecule has 3 nitrogen and oxygen atoms in total. The molecule has 2 N–H and O–H groups in total. The number of hydrogen-bond acceptors (Lipinski definition) is 2. The summed E-state index contributed by atoms with van der Waals surface area (Å²) in [7, 11) is 0. The lowest BCUT2D eigenvalue weighted by Gasteiger charge is -2.19. The van der Waals surface area contributed by atoms with E-state index in [1.54, 1.807) is 25.1 Å². The molecule has 0 spiro atoms. The van der Waals surface area contributed by atoms with Gasteiger partial charge in [0.25, 0.3) is 0 Å². The number of carbonyl (C=O) groups is 1. The molecule has 2 atom stereocenters. The maximum Gasteiger partial charge on any atom is 0.242 e. The van der Waals surface area contributed by atoms with Gasteiger partial charge in [0.2, 0.25) is 5.91 Å². The zero-order chi connectivity index (χ0) is 14.4. The van der Waals surface area contributed by atoms with Gasteiger partial charge in [0.05, 0.1) is 15.7 Å². The molecule has 1 aromatic carbocycles. The first-order valence-electron chi connectivity index (χ1n) is 6.46. The molecule has 1 rings (SSSR count). The van der Waals surface area contributed by atoms with Gasteiger partial charge >= 0.3 is 0 Å². The summed E-state index contributed by atoms with van der Waals surface area (Å²) in [6, 6.07) is 5.11. The van der Waals surface area contributed by atoms with E-state index in [0.717, 1.165) is 12.8 Å². The van der Waals surface area contributed by atoms with Crippen LogP contribution in [0.15, 0.2) is 18.2 Å². The van der Waals surface area contributed by atoms with Gasteiger partial charge in [-0.1, -0.05) is 42.6 Å². The molecular formula is C14H20Cl2N2O. The molecule has 1 aromatic rings. The van der Waals surface area contributed by atoms with Crippen LogP contribution < -0.4 is 10.6 Å². The standard InChI is InChI=1S/C14H20Cl2N2O/c1-4-6-9(2)17-14(19)10(3)18-12-8-5-7-11(15)13(12)16/h5,7-10,18H,4,6H2,1-3H3,(H,17,19). The fourth-order valence-corrected chi connectivity index (χ4v) is 2.14. The first-order chi connectivity index (χ1) is 8.95. The number of carbonyl (C=O) groups excluding carboxylic acids is 1. The average Bonchev–Trinajstić information content (AvgIpc) is 2.35. The summed E-state index contributed by atoms with van der Waals surface area (Å²) in [6.45, 7) is 5.89. The Bertz CT molecular complexity index is 437. The molecular weight excluding hydrogens is 283 g/mol. The van der Waals surface area contributed by atoms with E-state index >= 15 is 0 Å². The average molecular weight is 303 g/mol. The van der Waals surface area contributed by atoms with Gasteiger partial charge in [0, 0.05) is 6.04 Å². The first-order valence-corrected chi connectivity index (χ1v) is 7.22. The van der Waals surface area contributed by atoms with Crippen LogP contribution in [0.3, 0.4) is 0 Å². The van der Waals surface area contributed by atoms with Crippen molar-refractivity contribution in [3.63, 3.8) is 0 Å². The molecule has 0 aliphatic heterocycles. The lowest BCUT2D eigenvalue weighted by atomic mass is 10.2. The highest BCUT2D eigenvalue weighted by molar-refractivity contribution is 6.43. The maximum absolute atomic E-state index is 12.0. The summed E-state index contributed by atoms with van der Waals surface area (Å²) in [4.78, 5) is 12.0. The molecule has 19 heavy (non-hydrogen) atoms. The molecule has 5 heteroatoms. The monoisotopic (exact) mass is 302 g/mol. The van der Waals surface area contributed by atoms with E-state index in [4.69, 9.17) is 23.2 Å². The summed E-state index contributed by atoms with van der Waals surface area (Å²) < 4.78 is 0. The van der Waals surface area contributed by atoms with Crippen molar-refractivity contribution >= 4 is 34.8 Å². The number of hydrogen-bond donors (Lipinski definition) is 2. The van der Waals surface area contributed by atoms with Gasteiger partial charge in [-0.2, -0.15) is 0 Å². The highest BCUT2D eigenvalue weighted by Gasteiger charge is 2.16. The van der Waals surface area contributed by atoms with Crippen molar-refractivity contribution in [1.82, 2.24) is 5.32 Å². The molecule has 0 aliphatic carbocycles. The minimum Gasteiger partial charge on any atom is -0.373 e. The summed E-state index contributed by atoms with van der Waals surface area (Å²) >= 11 is 12.0. The van der Waals surface area contributed by atoms with Crippen LogP contribution in [0.4, 0.5) is 5.69 Å². The normalized spacial score (nSPS) is 13.7. The summed E-state index contributed by atoms with van der Waals surface area (Å²) in [6.07, 6.45) is 2.01. The van der Waals surface area contributed by atoms with Crippen LogP contribution in [0.1, 0.15) is 33.6 Å².